The number of nitrogens with zero attached hydrogens (tertiary/aromatic N) is 2. The standard InChI is InChI=1S/C14H20N2/c1-5-15(3)11-13-9-7-8-10-14(13)12-16(4)6-2/h7-12H,3-6H2,1-2H3. The van der Waals surface area contributed by atoms with Gasteiger partial charge in [0.2, 0.25) is 0 Å². The van der Waals surface area contributed by atoms with Gasteiger partial charge in [-0.1, -0.05) is 0 Å². The Hall–Kier alpha value is -1.70. The first kappa shape index (κ1) is 12.4. The van der Waals surface area contributed by atoms with E-state index in [1.807, 2.05) is 21.3 Å². The van der Waals surface area contributed by atoms with Gasteiger partial charge in [-0.15, -0.1) is 12.1 Å². The molecule has 1 aromatic rings. The van der Waals surface area contributed by atoms with Gasteiger partial charge in [-0.05, 0) is 13.8 Å². The second-order valence-electron chi connectivity index (χ2n) is 3.70. The van der Waals surface area contributed by atoms with E-state index < -0.39 is 0 Å². The smallest absolute Gasteiger partial charge is 0.126 e. The Labute approximate surface area is 98.6 Å². The summed E-state index contributed by atoms with van der Waals surface area (Å²) in [4.78, 5) is 0. The molecule has 0 N–H and O–H groups in total. The van der Waals surface area contributed by atoms with E-state index in [9.17, 15) is 0 Å². The minimum Gasteiger partial charge on any atom is -0.299 e. The molecule has 1 rings (SSSR count). The molecule has 0 aliphatic rings. The van der Waals surface area contributed by atoms with E-state index in [4.69, 9.17) is 0 Å². The van der Waals surface area contributed by atoms with E-state index in [-0.39, 0.29) is 0 Å². The largest absolute Gasteiger partial charge is 0.299 e. The van der Waals surface area contributed by atoms with Gasteiger partial charge in [0, 0.05) is 13.1 Å². The number of hydrogen-bond acceptors (Lipinski definition) is 0. The van der Waals surface area contributed by atoms with Crippen LogP contribution >= 0.6 is 0 Å². The molecule has 0 aliphatic heterocycles. The van der Waals surface area contributed by atoms with Crippen LogP contribution in [0.1, 0.15) is 25.0 Å². The fourth-order valence-electron chi connectivity index (χ4n) is 1.32. The maximum atomic E-state index is 3.93. The molecule has 0 saturated carbocycles. The van der Waals surface area contributed by atoms with Gasteiger partial charge in [0.1, 0.15) is 13.1 Å². The van der Waals surface area contributed by atoms with Crippen molar-refractivity contribution < 1.29 is 9.15 Å². The summed E-state index contributed by atoms with van der Waals surface area (Å²) >= 11 is 0. The van der Waals surface area contributed by atoms with Gasteiger partial charge in [0.25, 0.3) is 0 Å². The van der Waals surface area contributed by atoms with E-state index in [0.29, 0.717) is 0 Å². The second-order valence-corrected chi connectivity index (χ2v) is 3.70. The topological polar surface area (TPSA) is 6.02 Å². The van der Waals surface area contributed by atoms with Crippen LogP contribution in [0.5, 0.6) is 0 Å². The Morgan fingerprint density at radius 2 is 1.31 bits per heavy atom. The SMILES string of the molecule is C=[N+]([CH-]c1ccccc1[CH-][N+](=C)CC)CC. The lowest BCUT2D eigenvalue weighted by atomic mass is 10.1. The highest BCUT2D eigenvalue weighted by Gasteiger charge is 1.98. The molecule has 0 atom stereocenters. The predicted molar refractivity (Wildman–Crippen MR) is 69.1 cm³/mol. The van der Waals surface area contributed by atoms with Crippen LogP contribution in [0.25, 0.3) is 0 Å². The van der Waals surface area contributed by atoms with E-state index in [0.717, 1.165) is 13.1 Å². The Kier molecular flexibility index (Phi) is 4.65. The van der Waals surface area contributed by atoms with Crippen molar-refractivity contribution in [2.75, 3.05) is 13.1 Å². The Morgan fingerprint density at radius 3 is 1.62 bits per heavy atom. The molecular formula is C14H20N2. The summed E-state index contributed by atoms with van der Waals surface area (Å²) in [6.07, 6.45) is 0. The molecule has 0 amide bonds. The molecule has 16 heavy (non-hydrogen) atoms. The fourth-order valence-corrected chi connectivity index (χ4v) is 1.32. The molecule has 0 radical (unpaired) electrons. The second kappa shape index (κ2) is 6.01. The highest BCUT2D eigenvalue weighted by atomic mass is 15.0. The zero-order chi connectivity index (χ0) is 12.0. The lowest BCUT2D eigenvalue weighted by Gasteiger charge is -2.18. The summed E-state index contributed by atoms with van der Waals surface area (Å²) in [5.74, 6) is 0. The molecule has 0 heterocycles. The zero-order valence-corrected chi connectivity index (χ0v) is 10.2. The third-order valence-corrected chi connectivity index (χ3v) is 2.45. The van der Waals surface area contributed by atoms with Crippen molar-refractivity contribution in [2.45, 2.75) is 13.8 Å². The van der Waals surface area contributed by atoms with Gasteiger partial charge in [-0.2, -0.15) is 23.3 Å². The molecule has 0 aromatic heterocycles. The number of hydrogen-bond donors (Lipinski definition) is 0. The molecule has 0 bridgehead atoms. The Bertz CT molecular complexity index is 343. The van der Waals surface area contributed by atoms with E-state index >= 15 is 0 Å². The summed E-state index contributed by atoms with van der Waals surface area (Å²) in [6.45, 7) is 17.9. The lowest BCUT2D eigenvalue weighted by Crippen LogP contribution is -2.10. The first-order valence-corrected chi connectivity index (χ1v) is 5.60. The highest BCUT2D eigenvalue weighted by molar-refractivity contribution is 5.36. The van der Waals surface area contributed by atoms with Crippen molar-refractivity contribution in [3.63, 3.8) is 0 Å². The lowest BCUT2D eigenvalue weighted by molar-refractivity contribution is -0.472. The molecule has 0 unspecified atom stereocenters. The Balaban J connectivity index is 2.83. The maximum absolute atomic E-state index is 3.93. The van der Waals surface area contributed by atoms with Crippen molar-refractivity contribution in [3.8, 4) is 0 Å². The zero-order valence-electron chi connectivity index (χ0n) is 10.2. The van der Waals surface area contributed by atoms with Gasteiger partial charge >= 0.3 is 0 Å². The van der Waals surface area contributed by atoms with Gasteiger partial charge < -0.3 is 0 Å². The van der Waals surface area contributed by atoms with Crippen LogP contribution in [-0.4, -0.2) is 35.7 Å². The quantitative estimate of drug-likeness (QED) is 0.390. The first-order chi connectivity index (χ1) is 7.67. The summed E-state index contributed by atoms with van der Waals surface area (Å²) < 4.78 is 3.85. The molecular weight excluding hydrogens is 196 g/mol. The van der Waals surface area contributed by atoms with Crippen molar-refractivity contribution >= 4 is 13.4 Å². The average Bonchev–Trinajstić information content (AvgIpc) is 2.31. The molecule has 1 aromatic carbocycles. The number of benzene rings is 1. The minimum atomic E-state index is 0.899. The number of rotatable bonds is 6. The monoisotopic (exact) mass is 216 g/mol. The Morgan fingerprint density at radius 1 is 0.938 bits per heavy atom. The molecule has 2 heteroatoms. The summed E-state index contributed by atoms with van der Waals surface area (Å²) in [5, 5.41) is 0. The average molecular weight is 216 g/mol. The van der Waals surface area contributed by atoms with Crippen LogP contribution < -0.4 is 0 Å². The fraction of sp³-hybridized carbons (Fsp3) is 0.286. The third kappa shape index (κ3) is 3.46. The van der Waals surface area contributed by atoms with Crippen molar-refractivity contribution in [1.29, 1.82) is 0 Å². The van der Waals surface area contributed by atoms with Gasteiger partial charge in [-0.3, -0.25) is 9.15 Å². The van der Waals surface area contributed by atoms with Gasteiger partial charge in [0.15, 0.2) is 0 Å². The van der Waals surface area contributed by atoms with Crippen molar-refractivity contribution in [3.05, 3.63) is 48.5 Å². The summed E-state index contributed by atoms with van der Waals surface area (Å²) in [6, 6.07) is 8.24. The first-order valence-electron chi connectivity index (χ1n) is 5.60. The third-order valence-electron chi connectivity index (χ3n) is 2.45. The summed E-state index contributed by atoms with van der Waals surface area (Å²) in [5.41, 5.74) is 2.34. The van der Waals surface area contributed by atoms with Crippen LogP contribution in [-0.2, 0) is 0 Å². The van der Waals surface area contributed by atoms with Crippen LogP contribution in [0.2, 0.25) is 0 Å². The van der Waals surface area contributed by atoms with Crippen LogP contribution in [0.4, 0.5) is 0 Å². The van der Waals surface area contributed by atoms with Crippen LogP contribution in [0.3, 0.4) is 0 Å². The van der Waals surface area contributed by atoms with Crippen molar-refractivity contribution in [1.82, 2.24) is 0 Å². The molecule has 0 fully saturated rings. The molecule has 86 valence electrons. The van der Waals surface area contributed by atoms with E-state index in [2.05, 4.69) is 52.5 Å². The highest BCUT2D eigenvalue weighted by Crippen LogP contribution is 2.13. The summed E-state index contributed by atoms with van der Waals surface area (Å²) in [7, 11) is 0. The van der Waals surface area contributed by atoms with Gasteiger partial charge in [0.05, 0.1) is 13.4 Å². The normalized spacial score (nSPS) is 9.62. The molecule has 0 aliphatic carbocycles. The van der Waals surface area contributed by atoms with Gasteiger partial charge in [-0.25, -0.2) is 0 Å². The minimum absolute atomic E-state index is 0.899. The molecule has 0 saturated heterocycles. The maximum Gasteiger partial charge on any atom is 0.126 e. The van der Waals surface area contributed by atoms with E-state index in [1.54, 1.807) is 0 Å². The molecule has 0 spiro atoms. The van der Waals surface area contributed by atoms with Crippen LogP contribution in [0.15, 0.2) is 24.3 Å². The van der Waals surface area contributed by atoms with Crippen LogP contribution in [0, 0.1) is 13.1 Å². The van der Waals surface area contributed by atoms with E-state index in [1.165, 1.54) is 11.1 Å². The predicted octanol–water partition coefficient (Wildman–Crippen LogP) is 2.17. The molecule has 2 nitrogen and oxygen atoms in total. The van der Waals surface area contributed by atoms with Crippen molar-refractivity contribution in [2.24, 2.45) is 0 Å².